The summed E-state index contributed by atoms with van der Waals surface area (Å²) >= 11 is 0. The molecular weight excluding hydrogens is 185 g/mol. The summed E-state index contributed by atoms with van der Waals surface area (Å²) in [6.45, 7) is 0. The van der Waals surface area contributed by atoms with E-state index in [0.29, 0.717) is 0 Å². The van der Waals surface area contributed by atoms with Crippen molar-refractivity contribution in [3.8, 4) is 5.75 Å². The normalized spacial score (nSPS) is 8.75. The van der Waals surface area contributed by atoms with Crippen molar-refractivity contribution in [3.05, 3.63) is 23.8 Å². The van der Waals surface area contributed by atoms with E-state index in [2.05, 4.69) is 4.98 Å². The molecule has 0 aliphatic heterocycles. The van der Waals surface area contributed by atoms with E-state index in [1.54, 1.807) is 0 Å². The Morgan fingerprint density at radius 3 is 2.67 bits per heavy atom. The molecule has 0 atom stereocenters. The monoisotopic (exact) mass is 191 g/mol. The second-order valence-electron chi connectivity index (χ2n) is 1.93. The summed E-state index contributed by atoms with van der Waals surface area (Å²) in [5, 5.41) is 15.8. The van der Waals surface area contributed by atoms with Gasteiger partial charge in [-0.3, -0.25) is 5.41 Å². The molecule has 1 aromatic heterocycles. The van der Waals surface area contributed by atoms with Crippen molar-refractivity contribution in [2.75, 3.05) is 0 Å². The number of amidine groups is 1. The summed E-state index contributed by atoms with van der Waals surface area (Å²) in [5.74, 6) is -1.47. The minimum atomic E-state index is -0.660. The zero-order valence-electron chi connectivity index (χ0n) is 5.91. The Labute approximate surface area is 74.2 Å². The topological polar surface area (TPSA) is 83.0 Å². The fourth-order valence-electron chi connectivity index (χ4n) is 0.636. The number of hydrogen-bond acceptors (Lipinski definition) is 3. The third-order valence-corrected chi connectivity index (χ3v) is 1.09. The molecule has 0 spiro atoms. The highest BCUT2D eigenvalue weighted by Gasteiger charge is 2.05. The van der Waals surface area contributed by atoms with Gasteiger partial charge in [-0.25, -0.2) is 9.37 Å². The molecule has 4 N–H and O–H groups in total. The molecule has 66 valence electrons. The second kappa shape index (κ2) is 3.87. The van der Waals surface area contributed by atoms with Crippen molar-refractivity contribution in [2.24, 2.45) is 5.73 Å². The number of hydrogen-bond donors (Lipinski definition) is 3. The van der Waals surface area contributed by atoms with E-state index in [9.17, 15) is 4.39 Å². The number of halogens is 2. The molecule has 1 heterocycles. The molecule has 12 heavy (non-hydrogen) atoms. The molecule has 0 fully saturated rings. The van der Waals surface area contributed by atoms with E-state index >= 15 is 0 Å². The number of aromatic nitrogens is 1. The zero-order valence-corrected chi connectivity index (χ0v) is 6.73. The van der Waals surface area contributed by atoms with Crippen molar-refractivity contribution >= 4 is 18.2 Å². The first-order valence-corrected chi connectivity index (χ1v) is 2.80. The van der Waals surface area contributed by atoms with Gasteiger partial charge in [-0.1, -0.05) is 0 Å². The third-order valence-electron chi connectivity index (χ3n) is 1.09. The van der Waals surface area contributed by atoms with Crippen LogP contribution in [0.3, 0.4) is 0 Å². The van der Waals surface area contributed by atoms with Crippen molar-refractivity contribution in [1.82, 2.24) is 4.98 Å². The maximum atomic E-state index is 12.3. The Kier molecular flexibility index (Phi) is 3.43. The first kappa shape index (κ1) is 10.6. The Morgan fingerprint density at radius 2 is 2.25 bits per heavy atom. The van der Waals surface area contributed by atoms with Gasteiger partial charge < -0.3 is 10.8 Å². The summed E-state index contributed by atoms with van der Waals surface area (Å²) in [7, 11) is 0. The van der Waals surface area contributed by atoms with E-state index in [-0.39, 0.29) is 23.9 Å². The van der Waals surface area contributed by atoms with Gasteiger partial charge in [0.05, 0.1) is 6.20 Å². The van der Waals surface area contributed by atoms with Gasteiger partial charge in [0.25, 0.3) is 0 Å². The highest BCUT2D eigenvalue weighted by atomic mass is 35.5. The van der Waals surface area contributed by atoms with E-state index < -0.39 is 11.6 Å². The lowest BCUT2D eigenvalue weighted by atomic mass is 10.3. The fraction of sp³-hybridized carbons (Fsp3) is 0. The molecule has 0 saturated carbocycles. The molecule has 0 saturated heterocycles. The minimum absolute atomic E-state index is 0. The van der Waals surface area contributed by atoms with Crippen LogP contribution in [0.1, 0.15) is 5.69 Å². The lowest BCUT2D eigenvalue weighted by Gasteiger charge is -1.99. The Balaban J connectivity index is 0.00000121. The van der Waals surface area contributed by atoms with Crippen LogP contribution < -0.4 is 5.73 Å². The summed E-state index contributed by atoms with van der Waals surface area (Å²) in [6, 6.07) is 0.851. The number of aromatic hydroxyl groups is 1. The molecule has 0 unspecified atom stereocenters. The third kappa shape index (κ3) is 2.06. The van der Waals surface area contributed by atoms with Crippen LogP contribution in [-0.2, 0) is 0 Å². The van der Waals surface area contributed by atoms with Gasteiger partial charge in [0.1, 0.15) is 23.1 Å². The van der Waals surface area contributed by atoms with Crippen LogP contribution in [0.15, 0.2) is 12.3 Å². The van der Waals surface area contributed by atoms with Crippen LogP contribution in [0.2, 0.25) is 0 Å². The highest BCUT2D eigenvalue weighted by Crippen LogP contribution is 2.13. The molecule has 0 amide bonds. The van der Waals surface area contributed by atoms with Gasteiger partial charge in [0, 0.05) is 6.07 Å². The Bertz CT molecular complexity index is 305. The molecule has 4 nitrogen and oxygen atoms in total. The van der Waals surface area contributed by atoms with Gasteiger partial charge in [-0.15, -0.1) is 12.4 Å². The molecular formula is C6H7ClFN3O. The number of nitrogens with two attached hydrogens (primary N) is 1. The molecule has 0 aliphatic carbocycles. The molecule has 0 aromatic carbocycles. The quantitative estimate of drug-likeness (QED) is 0.450. The number of nitrogens with zero attached hydrogens (tertiary/aromatic N) is 1. The molecule has 0 bridgehead atoms. The Hall–Kier alpha value is -1.36. The summed E-state index contributed by atoms with van der Waals surface area (Å²) in [6.07, 6.45) is 0.885. The van der Waals surface area contributed by atoms with E-state index in [0.717, 1.165) is 12.3 Å². The second-order valence-corrected chi connectivity index (χ2v) is 1.93. The van der Waals surface area contributed by atoms with Crippen molar-refractivity contribution in [1.29, 1.82) is 5.41 Å². The van der Waals surface area contributed by atoms with E-state index in [1.165, 1.54) is 0 Å². The van der Waals surface area contributed by atoms with Crippen LogP contribution in [0.5, 0.6) is 5.75 Å². The van der Waals surface area contributed by atoms with Gasteiger partial charge >= 0.3 is 0 Å². The maximum Gasteiger partial charge on any atom is 0.147 e. The minimum Gasteiger partial charge on any atom is -0.505 e. The average Bonchev–Trinajstić information content (AvgIpc) is 1.85. The molecule has 0 aliphatic rings. The summed E-state index contributed by atoms with van der Waals surface area (Å²) in [5.41, 5.74) is 4.90. The van der Waals surface area contributed by atoms with Gasteiger partial charge in [-0.2, -0.15) is 0 Å². The van der Waals surface area contributed by atoms with Crippen molar-refractivity contribution in [3.63, 3.8) is 0 Å². The highest BCUT2D eigenvalue weighted by molar-refractivity contribution is 5.95. The SMILES string of the molecule is Cl.N=C(N)c1ncc(F)cc1O. The van der Waals surface area contributed by atoms with Gasteiger partial charge in [0.2, 0.25) is 0 Å². The first-order valence-electron chi connectivity index (χ1n) is 2.80. The number of pyridine rings is 1. The summed E-state index contributed by atoms with van der Waals surface area (Å²) in [4.78, 5) is 3.40. The predicted molar refractivity (Wildman–Crippen MR) is 44.1 cm³/mol. The summed E-state index contributed by atoms with van der Waals surface area (Å²) < 4.78 is 12.3. The van der Waals surface area contributed by atoms with Crippen LogP contribution in [-0.4, -0.2) is 15.9 Å². The number of nitrogen functional groups attached to an aromatic ring is 1. The van der Waals surface area contributed by atoms with Crippen LogP contribution in [0, 0.1) is 11.2 Å². The molecule has 0 radical (unpaired) electrons. The molecule has 1 rings (SSSR count). The average molecular weight is 192 g/mol. The van der Waals surface area contributed by atoms with Crippen LogP contribution in [0.4, 0.5) is 4.39 Å². The van der Waals surface area contributed by atoms with Crippen LogP contribution in [0.25, 0.3) is 0 Å². The van der Waals surface area contributed by atoms with E-state index in [4.69, 9.17) is 16.2 Å². The molecule has 6 heteroatoms. The Morgan fingerprint density at radius 1 is 1.67 bits per heavy atom. The largest absolute Gasteiger partial charge is 0.505 e. The van der Waals surface area contributed by atoms with Crippen molar-refractivity contribution < 1.29 is 9.50 Å². The number of rotatable bonds is 1. The zero-order chi connectivity index (χ0) is 8.43. The van der Waals surface area contributed by atoms with Gasteiger partial charge in [-0.05, 0) is 0 Å². The van der Waals surface area contributed by atoms with E-state index in [1.807, 2.05) is 0 Å². The van der Waals surface area contributed by atoms with Gasteiger partial charge in [0.15, 0.2) is 0 Å². The maximum absolute atomic E-state index is 12.3. The first-order chi connectivity index (χ1) is 5.11. The smallest absolute Gasteiger partial charge is 0.147 e. The lowest BCUT2D eigenvalue weighted by molar-refractivity contribution is 0.463. The van der Waals surface area contributed by atoms with Crippen LogP contribution >= 0.6 is 12.4 Å². The molecule has 1 aromatic rings. The van der Waals surface area contributed by atoms with Crippen molar-refractivity contribution in [2.45, 2.75) is 0 Å². The standard InChI is InChI=1S/C6H6FN3O.ClH/c7-3-1-4(11)5(6(8)9)10-2-3;/h1-2,11H,(H3,8,9);1H. The fourth-order valence-corrected chi connectivity index (χ4v) is 0.636. The number of nitrogens with one attached hydrogen (secondary N) is 1. The lowest BCUT2D eigenvalue weighted by Crippen LogP contribution is -2.13. The predicted octanol–water partition coefficient (Wildman–Crippen LogP) is 0.632.